The summed E-state index contributed by atoms with van der Waals surface area (Å²) < 4.78 is 27.8. The van der Waals surface area contributed by atoms with E-state index in [1.54, 1.807) is 29.2 Å². The first-order chi connectivity index (χ1) is 9.95. The van der Waals surface area contributed by atoms with Gasteiger partial charge in [-0.3, -0.25) is 9.48 Å². The van der Waals surface area contributed by atoms with Gasteiger partial charge in [-0.25, -0.2) is 9.03 Å². The normalized spacial score (nSPS) is 17.0. The van der Waals surface area contributed by atoms with Gasteiger partial charge in [0.05, 0.1) is 12.2 Å². The number of phenols is 1. The van der Waals surface area contributed by atoms with Crippen LogP contribution < -0.4 is 9.03 Å². The molecule has 1 amide bonds. The average Bonchev–Trinajstić information content (AvgIpc) is 2.97. The number of carbonyl (C=O) groups is 1. The second-order valence-corrected chi connectivity index (χ2v) is 6.16. The number of phenolic OH excluding ortho intramolecular Hbond substituents is 1. The van der Waals surface area contributed by atoms with E-state index in [0.717, 1.165) is 9.87 Å². The predicted octanol–water partition coefficient (Wildman–Crippen LogP) is -0.182. The van der Waals surface area contributed by atoms with Crippen LogP contribution in [0.3, 0.4) is 0 Å². The summed E-state index contributed by atoms with van der Waals surface area (Å²) in [6, 6.07) is 6.37. The summed E-state index contributed by atoms with van der Waals surface area (Å²) in [5.74, 6) is -0.838. The highest BCUT2D eigenvalue weighted by Gasteiger charge is 2.35. The van der Waals surface area contributed by atoms with Gasteiger partial charge in [-0.05, 0) is 23.8 Å². The maximum Gasteiger partial charge on any atom is 0.326 e. The number of amides is 1. The lowest BCUT2D eigenvalue weighted by Gasteiger charge is -2.16. The topological polar surface area (TPSA) is 105 Å². The largest absolute Gasteiger partial charge is 0.506 e. The number of hydrogen-bond acceptors (Lipinski definition) is 5. The monoisotopic (exact) mass is 308 g/mol. The van der Waals surface area contributed by atoms with Gasteiger partial charge in [0, 0.05) is 12.4 Å². The van der Waals surface area contributed by atoms with Crippen molar-refractivity contribution < 1.29 is 18.3 Å². The number of nitrogens with one attached hydrogen (secondary N) is 1. The summed E-state index contributed by atoms with van der Waals surface area (Å²) in [6.45, 7) is 0.110. The SMILES string of the molecule is O=C1CN(c2ccc(Cn3cccn3)cc2O)S(=O)(=O)N1. The highest BCUT2D eigenvalue weighted by molar-refractivity contribution is 7.92. The molecule has 0 spiro atoms. The van der Waals surface area contributed by atoms with E-state index in [0.29, 0.717) is 6.54 Å². The number of nitrogens with zero attached hydrogens (tertiary/aromatic N) is 3. The Balaban J connectivity index is 1.90. The van der Waals surface area contributed by atoms with Gasteiger partial charge in [-0.1, -0.05) is 6.07 Å². The molecule has 3 rings (SSSR count). The van der Waals surface area contributed by atoms with Crippen LogP contribution in [0.15, 0.2) is 36.7 Å². The molecule has 1 saturated heterocycles. The van der Waals surface area contributed by atoms with Crippen LogP contribution >= 0.6 is 0 Å². The molecule has 8 nitrogen and oxygen atoms in total. The highest BCUT2D eigenvalue weighted by Crippen LogP contribution is 2.31. The van der Waals surface area contributed by atoms with Crippen molar-refractivity contribution in [3.63, 3.8) is 0 Å². The number of anilines is 1. The van der Waals surface area contributed by atoms with E-state index in [2.05, 4.69) is 5.10 Å². The number of carbonyl (C=O) groups excluding carboxylic acids is 1. The second-order valence-electron chi connectivity index (χ2n) is 4.56. The Kier molecular flexibility index (Phi) is 3.05. The van der Waals surface area contributed by atoms with E-state index in [4.69, 9.17) is 0 Å². The van der Waals surface area contributed by atoms with Gasteiger partial charge >= 0.3 is 10.2 Å². The van der Waals surface area contributed by atoms with E-state index < -0.39 is 16.1 Å². The molecule has 0 bridgehead atoms. The molecule has 110 valence electrons. The van der Waals surface area contributed by atoms with Gasteiger partial charge in [0.15, 0.2) is 0 Å². The lowest BCUT2D eigenvalue weighted by molar-refractivity contribution is -0.117. The number of hydrogen-bond donors (Lipinski definition) is 2. The maximum atomic E-state index is 11.7. The fourth-order valence-corrected chi connectivity index (χ4v) is 3.28. The average molecular weight is 308 g/mol. The van der Waals surface area contributed by atoms with Crippen LogP contribution in [0.25, 0.3) is 0 Å². The minimum absolute atomic E-state index is 0.0672. The molecule has 21 heavy (non-hydrogen) atoms. The Morgan fingerprint density at radius 3 is 2.76 bits per heavy atom. The lowest BCUT2D eigenvalue weighted by atomic mass is 10.2. The first kappa shape index (κ1) is 13.4. The molecule has 0 aliphatic carbocycles. The summed E-state index contributed by atoms with van der Waals surface area (Å²) in [4.78, 5) is 11.2. The lowest BCUT2D eigenvalue weighted by Crippen LogP contribution is -2.29. The summed E-state index contributed by atoms with van der Waals surface area (Å²) in [5.41, 5.74) is 0.827. The van der Waals surface area contributed by atoms with E-state index in [1.165, 1.54) is 12.1 Å². The van der Waals surface area contributed by atoms with Crippen molar-refractivity contribution in [3.8, 4) is 5.75 Å². The molecule has 1 aromatic carbocycles. The molecule has 0 unspecified atom stereocenters. The number of benzene rings is 1. The molecule has 0 saturated carbocycles. The van der Waals surface area contributed by atoms with E-state index in [1.807, 2.05) is 4.72 Å². The molecule has 2 N–H and O–H groups in total. The van der Waals surface area contributed by atoms with Gasteiger partial charge < -0.3 is 5.11 Å². The van der Waals surface area contributed by atoms with Gasteiger partial charge in [0.25, 0.3) is 5.91 Å². The van der Waals surface area contributed by atoms with Crippen LogP contribution in [0.4, 0.5) is 5.69 Å². The zero-order valence-corrected chi connectivity index (χ0v) is 11.6. The van der Waals surface area contributed by atoms with Crippen LogP contribution in [0.1, 0.15) is 5.56 Å². The minimum Gasteiger partial charge on any atom is -0.506 e. The third-order valence-corrected chi connectivity index (χ3v) is 4.42. The number of rotatable bonds is 3. The third-order valence-electron chi connectivity index (χ3n) is 3.03. The smallest absolute Gasteiger partial charge is 0.326 e. The Hall–Kier alpha value is -2.55. The molecule has 9 heteroatoms. The van der Waals surface area contributed by atoms with Crippen molar-refractivity contribution in [2.75, 3.05) is 10.8 Å². The Morgan fingerprint density at radius 2 is 2.19 bits per heavy atom. The summed E-state index contributed by atoms with van der Waals surface area (Å²) >= 11 is 0. The first-order valence-electron chi connectivity index (χ1n) is 6.08. The van der Waals surface area contributed by atoms with E-state index >= 15 is 0 Å². The predicted molar refractivity (Wildman–Crippen MR) is 73.8 cm³/mol. The number of aromatic nitrogens is 2. The van der Waals surface area contributed by atoms with Gasteiger partial charge in [-0.2, -0.15) is 13.5 Å². The fraction of sp³-hybridized carbons (Fsp3) is 0.167. The molecule has 2 heterocycles. The first-order valence-corrected chi connectivity index (χ1v) is 7.52. The standard InChI is InChI=1S/C12H12N4O4S/c17-11-6-9(7-15-5-1-4-13-15)2-3-10(11)16-8-12(18)14-21(16,19)20/h1-6,17H,7-8H2,(H,14,18). The highest BCUT2D eigenvalue weighted by atomic mass is 32.2. The van der Waals surface area contributed by atoms with Gasteiger partial charge in [0.1, 0.15) is 12.3 Å². The van der Waals surface area contributed by atoms with Crippen molar-refractivity contribution in [1.29, 1.82) is 0 Å². The molecular formula is C12H12N4O4S. The molecule has 1 aliphatic heterocycles. The summed E-state index contributed by atoms with van der Waals surface area (Å²) in [6.07, 6.45) is 3.42. The van der Waals surface area contributed by atoms with E-state index in [-0.39, 0.29) is 18.0 Å². The Bertz CT molecular complexity index is 786. The van der Waals surface area contributed by atoms with E-state index in [9.17, 15) is 18.3 Å². The molecule has 2 aromatic rings. The Morgan fingerprint density at radius 1 is 1.38 bits per heavy atom. The number of aromatic hydroxyl groups is 1. The fourth-order valence-electron chi connectivity index (χ4n) is 2.12. The summed E-state index contributed by atoms with van der Waals surface area (Å²) in [5, 5.41) is 14.1. The van der Waals surface area contributed by atoms with Crippen LogP contribution in [0, 0.1) is 0 Å². The van der Waals surface area contributed by atoms with Crippen LogP contribution in [-0.4, -0.2) is 35.8 Å². The van der Waals surface area contributed by atoms with Crippen molar-refractivity contribution >= 4 is 21.8 Å². The van der Waals surface area contributed by atoms with Crippen LogP contribution in [0.5, 0.6) is 5.75 Å². The minimum atomic E-state index is -3.92. The maximum absolute atomic E-state index is 11.7. The quantitative estimate of drug-likeness (QED) is 0.818. The molecular weight excluding hydrogens is 296 g/mol. The molecule has 0 atom stereocenters. The zero-order chi connectivity index (χ0) is 15.0. The molecule has 1 fully saturated rings. The van der Waals surface area contributed by atoms with Crippen LogP contribution in [0.2, 0.25) is 0 Å². The molecule has 1 aromatic heterocycles. The molecule has 0 radical (unpaired) electrons. The van der Waals surface area contributed by atoms with Crippen molar-refractivity contribution in [3.05, 3.63) is 42.2 Å². The second kappa shape index (κ2) is 4.77. The van der Waals surface area contributed by atoms with Gasteiger partial charge in [-0.15, -0.1) is 0 Å². The van der Waals surface area contributed by atoms with Crippen molar-refractivity contribution in [1.82, 2.24) is 14.5 Å². The van der Waals surface area contributed by atoms with Gasteiger partial charge in [0.2, 0.25) is 0 Å². The summed E-state index contributed by atoms with van der Waals surface area (Å²) in [7, 11) is -3.92. The molecule has 1 aliphatic rings. The van der Waals surface area contributed by atoms with Crippen LogP contribution in [-0.2, 0) is 21.5 Å². The third kappa shape index (κ3) is 2.55. The van der Waals surface area contributed by atoms with Crippen molar-refractivity contribution in [2.24, 2.45) is 0 Å². The Labute approximate surface area is 120 Å². The van der Waals surface area contributed by atoms with Crippen molar-refractivity contribution in [2.45, 2.75) is 6.54 Å². The zero-order valence-electron chi connectivity index (χ0n) is 10.8.